The molecule has 47 heavy (non-hydrogen) atoms. The average Bonchev–Trinajstić information content (AvgIpc) is 3.35. The van der Waals surface area contributed by atoms with Crippen molar-refractivity contribution in [3.63, 3.8) is 0 Å². The zero-order valence-electron chi connectivity index (χ0n) is 28.3. The number of likely N-dealkylation sites (tertiary alicyclic amines) is 1. The third-order valence-electron chi connectivity index (χ3n) is 8.07. The summed E-state index contributed by atoms with van der Waals surface area (Å²) < 4.78 is 0. The Kier molecular flexibility index (Phi) is 11.5. The van der Waals surface area contributed by atoms with Gasteiger partial charge in [0.2, 0.25) is 17.6 Å². The van der Waals surface area contributed by atoms with E-state index in [-0.39, 0.29) is 23.6 Å². The van der Waals surface area contributed by atoms with Crippen molar-refractivity contribution in [3.8, 4) is 0 Å². The number of hydrogen-bond acceptors (Lipinski definition) is 8. The highest BCUT2D eigenvalue weighted by molar-refractivity contribution is 7.17. The lowest BCUT2D eigenvalue weighted by Gasteiger charge is -2.55. The van der Waals surface area contributed by atoms with E-state index in [2.05, 4.69) is 26.3 Å². The number of anilines is 2. The molecule has 258 valence electrons. The summed E-state index contributed by atoms with van der Waals surface area (Å²) in [5.74, 6) is -2.38. The molecule has 2 heterocycles. The van der Waals surface area contributed by atoms with Crippen LogP contribution in [-0.4, -0.2) is 86.4 Å². The second-order valence-electron chi connectivity index (χ2n) is 13.7. The minimum absolute atomic E-state index is 0.0274. The second kappa shape index (κ2) is 14.6. The number of nitrogens with one attached hydrogen (secondary N) is 4. The van der Waals surface area contributed by atoms with Crippen LogP contribution in [0.25, 0.3) is 0 Å². The van der Waals surface area contributed by atoms with Crippen molar-refractivity contribution in [2.45, 2.75) is 85.5 Å². The van der Waals surface area contributed by atoms with Crippen LogP contribution in [0.2, 0.25) is 0 Å². The minimum atomic E-state index is -1.74. The quantitative estimate of drug-likeness (QED) is 0.195. The monoisotopic (exact) mass is 673 g/mol. The number of aromatic nitrogens is 1. The van der Waals surface area contributed by atoms with E-state index in [0.717, 1.165) is 21.8 Å². The zero-order chi connectivity index (χ0) is 35.3. The van der Waals surface area contributed by atoms with Crippen LogP contribution in [0.5, 0.6) is 0 Å². The van der Waals surface area contributed by atoms with Crippen LogP contribution in [0.3, 0.4) is 0 Å². The minimum Gasteiger partial charge on any atom is -0.465 e. The molecule has 14 nitrogen and oxygen atoms in total. The standard InChI is InChI=1S/C32H47N7O7S/c1-19(40)34-27-35-23(24(47-27)26(42)38-17-15-21(16-18-38)25(41)33-8)14-11-20-9-12-22(13-10-20)36-32(30(2,3)4,37-28(43)44)39(29(45)46)31(5,6)7/h9-10,12-13,21,36-37H,11,14-18H2,1-8H3,(H,33,41)(H,43,44)(H,45,46)(H,34,35,40). The predicted octanol–water partition coefficient (Wildman–Crippen LogP) is 4.64. The van der Waals surface area contributed by atoms with Crippen molar-refractivity contribution in [2.75, 3.05) is 30.8 Å². The summed E-state index contributed by atoms with van der Waals surface area (Å²) in [6.45, 7) is 12.6. The molecule has 1 aliphatic rings. The van der Waals surface area contributed by atoms with Gasteiger partial charge in [0.1, 0.15) is 4.88 Å². The van der Waals surface area contributed by atoms with Gasteiger partial charge in [-0.3, -0.25) is 24.6 Å². The average molecular weight is 674 g/mol. The largest absolute Gasteiger partial charge is 0.465 e. The Morgan fingerprint density at radius 2 is 1.57 bits per heavy atom. The molecule has 0 radical (unpaired) electrons. The molecule has 1 aliphatic heterocycles. The lowest BCUT2D eigenvalue weighted by molar-refractivity contribution is -0.125. The maximum absolute atomic E-state index is 13.6. The number of amides is 5. The molecule has 0 bridgehead atoms. The van der Waals surface area contributed by atoms with Crippen LogP contribution < -0.4 is 21.3 Å². The number of thiazole rings is 1. The van der Waals surface area contributed by atoms with Gasteiger partial charge in [-0.25, -0.2) is 14.6 Å². The molecule has 0 aliphatic carbocycles. The number of nitrogens with zero attached hydrogens (tertiary/aromatic N) is 3. The number of carboxylic acid groups (broad SMARTS) is 2. The van der Waals surface area contributed by atoms with Gasteiger partial charge in [-0.1, -0.05) is 44.2 Å². The summed E-state index contributed by atoms with van der Waals surface area (Å²) >= 11 is 1.13. The van der Waals surface area contributed by atoms with E-state index >= 15 is 0 Å². The number of hydrogen-bond donors (Lipinski definition) is 6. The van der Waals surface area contributed by atoms with Crippen LogP contribution in [0.15, 0.2) is 24.3 Å². The van der Waals surface area contributed by atoms with Gasteiger partial charge in [-0.15, -0.1) is 0 Å². The molecule has 3 rings (SSSR count). The molecule has 6 N–H and O–H groups in total. The normalized spacial score (nSPS) is 15.3. The first-order valence-electron chi connectivity index (χ1n) is 15.5. The lowest BCUT2D eigenvalue weighted by atomic mass is 9.82. The number of rotatable bonds is 10. The number of benzene rings is 1. The number of piperidine rings is 1. The fraction of sp³-hybridized carbons (Fsp3) is 0.562. The summed E-state index contributed by atoms with van der Waals surface area (Å²) in [6, 6.07) is 7.17. The lowest BCUT2D eigenvalue weighted by Crippen LogP contribution is -2.76. The summed E-state index contributed by atoms with van der Waals surface area (Å²) in [5, 5.41) is 31.4. The van der Waals surface area contributed by atoms with E-state index in [4.69, 9.17) is 0 Å². The Hall–Kier alpha value is -4.40. The van der Waals surface area contributed by atoms with Crippen molar-refractivity contribution in [1.82, 2.24) is 25.4 Å². The Labute approximate surface area is 279 Å². The molecule has 0 spiro atoms. The fourth-order valence-corrected chi connectivity index (χ4v) is 6.78. The van der Waals surface area contributed by atoms with Crippen molar-refractivity contribution < 1.29 is 34.2 Å². The second-order valence-corrected chi connectivity index (χ2v) is 14.7. The van der Waals surface area contributed by atoms with Gasteiger partial charge in [0, 0.05) is 49.6 Å². The third-order valence-corrected chi connectivity index (χ3v) is 9.08. The van der Waals surface area contributed by atoms with Gasteiger partial charge >= 0.3 is 12.2 Å². The van der Waals surface area contributed by atoms with E-state index in [1.54, 1.807) is 65.6 Å². The molecule has 1 aromatic heterocycles. The SMILES string of the molecule is CNC(=O)C1CCN(C(=O)c2sc(NC(C)=O)nc2CCc2ccc(NC(NC(=O)O)(N(C(=O)O)C(C)(C)C)C(C)(C)C)cc2)CC1. The fourth-order valence-electron chi connectivity index (χ4n) is 5.75. The van der Waals surface area contributed by atoms with Crippen LogP contribution in [0, 0.1) is 11.3 Å². The molecule has 1 unspecified atom stereocenters. The summed E-state index contributed by atoms with van der Waals surface area (Å²) in [7, 11) is 1.60. The van der Waals surface area contributed by atoms with Gasteiger partial charge in [0.15, 0.2) is 5.13 Å². The summed E-state index contributed by atoms with van der Waals surface area (Å²) in [4.78, 5) is 69.7. The van der Waals surface area contributed by atoms with Crippen molar-refractivity contribution in [2.24, 2.45) is 11.3 Å². The number of carbonyl (C=O) groups excluding carboxylic acids is 3. The molecule has 2 aromatic rings. The molecule has 1 saturated heterocycles. The molecule has 1 aromatic carbocycles. The molecule has 0 saturated carbocycles. The van der Waals surface area contributed by atoms with E-state index in [1.807, 2.05) is 12.1 Å². The van der Waals surface area contributed by atoms with E-state index in [0.29, 0.717) is 60.2 Å². The molecular formula is C32H47N7O7S. The van der Waals surface area contributed by atoms with E-state index in [9.17, 15) is 34.2 Å². The smallest absolute Gasteiger partial charge is 0.411 e. The Morgan fingerprint density at radius 3 is 2.04 bits per heavy atom. The first-order chi connectivity index (χ1) is 21.8. The molecule has 1 atom stereocenters. The van der Waals surface area contributed by atoms with Gasteiger partial charge in [-0.05, 0) is 64.2 Å². The van der Waals surface area contributed by atoms with E-state index in [1.165, 1.54) is 6.92 Å². The highest BCUT2D eigenvalue weighted by atomic mass is 32.1. The number of carbonyl (C=O) groups is 5. The van der Waals surface area contributed by atoms with Crippen molar-refractivity contribution in [1.29, 1.82) is 0 Å². The zero-order valence-corrected chi connectivity index (χ0v) is 29.1. The molecule has 1 fully saturated rings. The molecule has 15 heteroatoms. The first-order valence-corrected chi connectivity index (χ1v) is 16.3. The highest BCUT2D eigenvalue weighted by Gasteiger charge is 2.54. The molecular weight excluding hydrogens is 626 g/mol. The Bertz CT molecular complexity index is 1470. The van der Waals surface area contributed by atoms with Crippen molar-refractivity contribution in [3.05, 3.63) is 40.4 Å². The predicted molar refractivity (Wildman–Crippen MR) is 180 cm³/mol. The summed E-state index contributed by atoms with van der Waals surface area (Å²) in [5.41, 5.74) is 0.0254. The number of aryl methyl sites for hydroxylation is 2. The Morgan fingerprint density at radius 1 is 0.979 bits per heavy atom. The van der Waals surface area contributed by atoms with Crippen LogP contribution in [0.1, 0.15) is 82.2 Å². The van der Waals surface area contributed by atoms with Crippen LogP contribution in [0.4, 0.5) is 20.4 Å². The molecule has 5 amide bonds. The van der Waals surface area contributed by atoms with Gasteiger partial charge < -0.3 is 31.1 Å². The highest BCUT2D eigenvalue weighted by Crippen LogP contribution is 2.39. The Balaban J connectivity index is 1.85. The third kappa shape index (κ3) is 8.90. The summed E-state index contributed by atoms with van der Waals surface area (Å²) in [6.07, 6.45) is -0.643. The van der Waals surface area contributed by atoms with Crippen LogP contribution in [-0.2, 0) is 22.4 Å². The maximum atomic E-state index is 13.6. The van der Waals surface area contributed by atoms with Crippen molar-refractivity contribution >= 4 is 52.1 Å². The van der Waals surface area contributed by atoms with Gasteiger partial charge in [-0.2, -0.15) is 0 Å². The first kappa shape index (κ1) is 37.1. The van der Waals surface area contributed by atoms with E-state index < -0.39 is 28.9 Å². The topological polar surface area (TPSA) is 193 Å². The van der Waals surface area contributed by atoms with Gasteiger partial charge in [0.25, 0.3) is 5.91 Å². The maximum Gasteiger partial charge on any atom is 0.411 e. The van der Waals surface area contributed by atoms with Crippen LogP contribution >= 0.6 is 11.3 Å². The van der Waals surface area contributed by atoms with Gasteiger partial charge in [0.05, 0.1) is 5.69 Å².